The summed E-state index contributed by atoms with van der Waals surface area (Å²) in [6.07, 6.45) is 4.32. The highest BCUT2D eigenvalue weighted by Crippen LogP contribution is 2.23. The average Bonchev–Trinajstić information content (AvgIpc) is 3.19. The molecule has 0 bridgehead atoms. The number of ether oxygens (including phenoxy) is 1. The lowest BCUT2D eigenvalue weighted by atomic mass is 10.2. The molecule has 8 heteroatoms. The average molecular weight is 448 g/mol. The van der Waals surface area contributed by atoms with Gasteiger partial charge in [-0.25, -0.2) is 14.4 Å². The highest BCUT2D eigenvalue weighted by molar-refractivity contribution is 5.83. The molecule has 1 N–H and O–H groups in total. The van der Waals surface area contributed by atoms with Gasteiger partial charge in [-0.3, -0.25) is 4.79 Å². The second kappa shape index (κ2) is 9.68. The molecular formula is C25H25FN4O3. The molecule has 0 fully saturated rings. The van der Waals surface area contributed by atoms with Gasteiger partial charge in [-0.1, -0.05) is 0 Å². The first-order valence-corrected chi connectivity index (χ1v) is 10.6. The standard InChI is InChI=1S/C25H25FN4O3/c1-17-15-27-24(18-4-6-20(26)7-5-18)28-25(17)29(2)11-3-13-33-21-8-9-22-19(14-21)10-12-30(22)16-23(31)32/h4-10,12,14-15H,3,11,13,16H2,1-2H3,(H,31,32). The van der Waals surface area contributed by atoms with Crippen molar-refractivity contribution in [3.8, 4) is 17.1 Å². The number of anilines is 1. The largest absolute Gasteiger partial charge is 0.494 e. The van der Waals surface area contributed by atoms with Crippen LogP contribution in [0, 0.1) is 12.7 Å². The van der Waals surface area contributed by atoms with Crippen LogP contribution in [0.25, 0.3) is 22.3 Å². The zero-order valence-corrected chi connectivity index (χ0v) is 18.5. The van der Waals surface area contributed by atoms with Crippen LogP contribution in [0.4, 0.5) is 10.2 Å². The number of halogens is 1. The predicted octanol–water partition coefficient (Wildman–Crippen LogP) is 4.54. The number of carboxylic acids is 1. The Kier molecular flexibility index (Phi) is 6.53. The van der Waals surface area contributed by atoms with Crippen molar-refractivity contribution in [3.63, 3.8) is 0 Å². The Morgan fingerprint density at radius 3 is 2.73 bits per heavy atom. The minimum atomic E-state index is -0.874. The quantitative estimate of drug-likeness (QED) is 0.379. The Labute approximate surface area is 191 Å². The summed E-state index contributed by atoms with van der Waals surface area (Å²) in [4.78, 5) is 22.1. The monoisotopic (exact) mass is 448 g/mol. The molecule has 0 spiro atoms. The van der Waals surface area contributed by atoms with Crippen molar-refractivity contribution in [3.05, 3.63) is 72.3 Å². The Balaban J connectivity index is 1.35. The number of aliphatic carboxylic acids is 1. The molecule has 33 heavy (non-hydrogen) atoms. The third-order valence-corrected chi connectivity index (χ3v) is 5.36. The summed E-state index contributed by atoms with van der Waals surface area (Å²) in [6.45, 7) is 3.16. The van der Waals surface area contributed by atoms with E-state index in [2.05, 4.69) is 14.9 Å². The number of nitrogens with zero attached hydrogens (tertiary/aromatic N) is 4. The van der Waals surface area contributed by atoms with Crippen molar-refractivity contribution in [1.29, 1.82) is 0 Å². The maximum Gasteiger partial charge on any atom is 0.323 e. The zero-order valence-electron chi connectivity index (χ0n) is 18.5. The second-order valence-corrected chi connectivity index (χ2v) is 7.89. The van der Waals surface area contributed by atoms with Crippen molar-refractivity contribution in [1.82, 2.24) is 14.5 Å². The van der Waals surface area contributed by atoms with Crippen LogP contribution < -0.4 is 9.64 Å². The van der Waals surface area contributed by atoms with Crippen LogP contribution in [-0.4, -0.2) is 45.8 Å². The predicted molar refractivity (Wildman–Crippen MR) is 125 cm³/mol. The second-order valence-electron chi connectivity index (χ2n) is 7.89. The van der Waals surface area contributed by atoms with Crippen molar-refractivity contribution in [2.75, 3.05) is 25.1 Å². The van der Waals surface area contributed by atoms with Gasteiger partial charge in [0.1, 0.15) is 23.9 Å². The van der Waals surface area contributed by atoms with E-state index in [1.165, 1.54) is 12.1 Å². The van der Waals surface area contributed by atoms with E-state index in [0.717, 1.165) is 46.6 Å². The van der Waals surface area contributed by atoms with Crippen molar-refractivity contribution < 1.29 is 19.0 Å². The third kappa shape index (κ3) is 5.28. The van der Waals surface area contributed by atoms with Crippen LogP contribution in [0.15, 0.2) is 60.9 Å². The Bertz CT molecular complexity index is 1270. The first-order chi connectivity index (χ1) is 15.9. The summed E-state index contributed by atoms with van der Waals surface area (Å²) in [7, 11) is 1.97. The third-order valence-electron chi connectivity index (χ3n) is 5.36. The van der Waals surface area contributed by atoms with Gasteiger partial charge in [0.2, 0.25) is 0 Å². The molecule has 170 valence electrons. The summed E-state index contributed by atoms with van der Waals surface area (Å²) in [6, 6.07) is 13.7. The zero-order chi connectivity index (χ0) is 23.4. The number of fused-ring (bicyclic) bond motifs is 1. The number of carbonyl (C=O) groups is 1. The minimum Gasteiger partial charge on any atom is -0.494 e. The van der Waals surface area contributed by atoms with Crippen molar-refractivity contribution in [2.45, 2.75) is 19.9 Å². The molecule has 0 saturated heterocycles. The molecule has 0 aliphatic carbocycles. The summed E-state index contributed by atoms with van der Waals surface area (Å²) in [5, 5.41) is 9.94. The van der Waals surface area contributed by atoms with Crippen molar-refractivity contribution >= 4 is 22.7 Å². The first-order valence-electron chi connectivity index (χ1n) is 10.6. The minimum absolute atomic E-state index is 0.0681. The lowest BCUT2D eigenvalue weighted by Gasteiger charge is -2.20. The Hall–Kier alpha value is -3.94. The Morgan fingerprint density at radius 2 is 1.97 bits per heavy atom. The fourth-order valence-electron chi connectivity index (χ4n) is 3.71. The van der Waals surface area contributed by atoms with E-state index >= 15 is 0 Å². The van der Waals surface area contributed by atoms with E-state index in [1.54, 1.807) is 29.1 Å². The fraction of sp³-hybridized carbons (Fsp3) is 0.240. The maximum atomic E-state index is 13.2. The van der Waals surface area contributed by atoms with E-state index in [1.807, 2.05) is 38.2 Å². The van der Waals surface area contributed by atoms with E-state index in [-0.39, 0.29) is 12.4 Å². The number of rotatable bonds is 9. The van der Waals surface area contributed by atoms with Gasteiger partial charge in [0.05, 0.1) is 6.61 Å². The molecule has 0 aliphatic rings. The molecule has 0 saturated carbocycles. The molecule has 2 aromatic heterocycles. The molecule has 0 radical (unpaired) electrons. The lowest BCUT2D eigenvalue weighted by molar-refractivity contribution is -0.137. The smallest absolute Gasteiger partial charge is 0.323 e. The number of hydrogen-bond donors (Lipinski definition) is 1. The number of benzene rings is 2. The van der Waals surface area contributed by atoms with Gasteiger partial charge in [0.25, 0.3) is 0 Å². The number of carboxylic acid groups (broad SMARTS) is 1. The SMILES string of the molecule is Cc1cnc(-c2ccc(F)cc2)nc1N(C)CCCOc1ccc2c(ccn2CC(=O)O)c1. The topological polar surface area (TPSA) is 80.5 Å². The van der Waals surface area contributed by atoms with E-state index in [4.69, 9.17) is 9.84 Å². The number of hydrogen-bond acceptors (Lipinski definition) is 5. The van der Waals surface area contributed by atoms with Crippen LogP contribution in [-0.2, 0) is 11.3 Å². The van der Waals surface area contributed by atoms with Crippen LogP contribution in [0.3, 0.4) is 0 Å². The summed E-state index contributed by atoms with van der Waals surface area (Å²) in [5.74, 6) is 0.961. The Morgan fingerprint density at radius 1 is 1.18 bits per heavy atom. The maximum absolute atomic E-state index is 13.2. The van der Waals surface area contributed by atoms with E-state index in [9.17, 15) is 9.18 Å². The lowest BCUT2D eigenvalue weighted by Crippen LogP contribution is -2.22. The molecule has 4 aromatic rings. The van der Waals surface area contributed by atoms with Gasteiger partial charge in [0.15, 0.2) is 5.82 Å². The normalized spacial score (nSPS) is 11.0. The van der Waals surface area contributed by atoms with Crippen LogP contribution in [0.1, 0.15) is 12.0 Å². The summed E-state index contributed by atoms with van der Waals surface area (Å²) in [5.41, 5.74) is 2.59. The van der Waals surface area contributed by atoms with E-state index < -0.39 is 5.97 Å². The highest BCUT2D eigenvalue weighted by atomic mass is 19.1. The molecule has 2 aromatic carbocycles. The molecule has 7 nitrogen and oxygen atoms in total. The van der Waals surface area contributed by atoms with Crippen LogP contribution in [0.2, 0.25) is 0 Å². The molecular weight excluding hydrogens is 423 g/mol. The van der Waals surface area contributed by atoms with Gasteiger partial charge in [-0.2, -0.15) is 0 Å². The molecule has 0 aliphatic heterocycles. The van der Waals surface area contributed by atoms with Gasteiger partial charge >= 0.3 is 5.97 Å². The molecule has 4 rings (SSSR count). The summed E-state index contributed by atoms with van der Waals surface area (Å²) < 4.78 is 20.8. The van der Waals surface area contributed by atoms with Gasteiger partial charge in [-0.05, 0) is 61.9 Å². The molecule has 0 atom stereocenters. The summed E-state index contributed by atoms with van der Waals surface area (Å²) >= 11 is 0. The first kappa shape index (κ1) is 22.3. The van der Waals surface area contributed by atoms with Gasteiger partial charge in [-0.15, -0.1) is 0 Å². The molecule has 0 unspecified atom stereocenters. The van der Waals surface area contributed by atoms with Crippen LogP contribution in [0.5, 0.6) is 5.75 Å². The van der Waals surface area contributed by atoms with Crippen molar-refractivity contribution in [2.24, 2.45) is 0 Å². The number of aromatic nitrogens is 3. The van der Waals surface area contributed by atoms with E-state index in [0.29, 0.717) is 12.4 Å². The molecule has 0 amide bonds. The highest BCUT2D eigenvalue weighted by Gasteiger charge is 2.11. The fourth-order valence-corrected chi connectivity index (χ4v) is 3.71. The van der Waals surface area contributed by atoms with Gasteiger partial charge in [0, 0.05) is 48.0 Å². The molecule has 2 heterocycles. The van der Waals surface area contributed by atoms with Gasteiger partial charge < -0.3 is 19.3 Å². The van der Waals surface area contributed by atoms with Crippen LogP contribution >= 0.6 is 0 Å². The number of aryl methyl sites for hydroxylation is 1.